The van der Waals surface area contributed by atoms with Crippen molar-refractivity contribution in [2.75, 3.05) is 0 Å². The molecule has 4 nitrogen and oxygen atoms in total. The number of halogens is 1. The van der Waals surface area contributed by atoms with Crippen LogP contribution in [0.25, 0.3) is 0 Å². The average Bonchev–Trinajstić information content (AvgIpc) is 2.94. The van der Waals surface area contributed by atoms with Gasteiger partial charge in [0, 0.05) is 25.0 Å². The molecule has 1 atom stereocenters. The normalized spacial score (nSPS) is 12.1. The first-order valence-electron chi connectivity index (χ1n) is 7.08. The summed E-state index contributed by atoms with van der Waals surface area (Å²) >= 11 is 0. The van der Waals surface area contributed by atoms with Crippen molar-refractivity contribution in [2.24, 2.45) is 0 Å². The number of amides is 1. The molecule has 0 unspecified atom stereocenters. The van der Waals surface area contributed by atoms with Crippen LogP contribution >= 0.6 is 0 Å². The van der Waals surface area contributed by atoms with E-state index in [0.717, 1.165) is 17.5 Å². The van der Waals surface area contributed by atoms with E-state index in [4.69, 9.17) is 0 Å². The average molecular weight is 289 g/mol. The molecule has 1 amide bonds. The minimum Gasteiger partial charge on any atom is -0.351 e. The SMILES string of the molecule is CC[C@H](Cn1ccnc1)NC(=O)Cc1ccc(F)cc1C. The highest BCUT2D eigenvalue weighted by atomic mass is 19.1. The molecule has 0 aliphatic rings. The second-order valence-corrected chi connectivity index (χ2v) is 5.18. The van der Waals surface area contributed by atoms with Gasteiger partial charge in [-0.05, 0) is 36.6 Å². The number of aryl methyl sites for hydroxylation is 1. The second kappa shape index (κ2) is 7.02. The van der Waals surface area contributed by atoms with Crippen molar-refractivity contribution in [3.05, 3.63) is 53.9 Å². The van der Waals surface area contributed by atoms with Crippen LogP contribution in [0.2, 0.25) is 0 Å². The number of carbonyl (C=O) groups is 1. The topological polar surface area (TPSA) is 46.9 Å². The molecule has 21 heavy (non-hydrogen) atoms. The summed E-state index contributed by atoms with van der Waals surface area (Å²) in [6.07, 6.45) is 6.44. The number of hydrogen-bond donors (Lipinski definition) is 1. The van der Waals surface area contributed by atoms with Gasteiger partial charge in [0.2, 0.25) is 5.91 Å². The zero-order valence-electron chi connectivity index (χ0n) is 12.3. The largest absolute Gasteiger partial charge is 0.351 e. The van der Waals surface area contributed by atoms with Crippen LogP contribution in [-0.2, 0) is 17.8 Å². The molecular formula is C16H20FN3O. The predicted octanol–water partition coefficient (Wildman–Crippen LogP) is 2.47. The maximum Gasteiger partial charge on any atom is 0.224 e. The van der Waals surface area contributed by atoms with Crippen LogP contribution in [0.5, 0.6) is 0 Å². The number of nitrogens with one attached hydrogen (secondary N) is 1. The number of hydrogen-bond acceptors (Lipinski definition) is 2. The van der Waals surface area contributed by atoms with E-state index in [2.05, 4.69) is 10.3 Å². The molecule has 0 saturated carbocycles. The van der Waals surface area contributed by atoms with Crippen molar-refractivity contribution in [1.82, 2.24) is 14.9 Å². The summed E-state index contributed by atoms with van der Waals surface area (Å²) in [4.78, 5) is 16.1. The van der Waals surface area contributed by atoms with Crippen molar-refractivity contribution in [3.63, 3.8) is 0 Å². The molecule has 2 rings (SSSR count). The maximum absolute atomic E-state index is 13.1. The molecule has 5 heteroatoms. The molecule has 1 aromatic carbocycles. The van der Waals surface area contributed by atoms with E-state index in [1.165, 1.54) is 12.1 Å². The first-order chi connectivity index (χ1) is 10.1. The van der Waals surface area contributed by atoms with E-state index >= 15 is 0 Å². The number of imidazole rings is 1. The molecule has 112 valence electrons. The maximum atomic E-state index is 13.1. The minimum atomic E-state index is -0.275. The number of nitrogens with zero attached hydrogens (tertiary/aromatic N) is 2. The van der Waals surface area contributed by atoms with E-state index in [9.17, 15) is 9.18 Å². The smallest absolute Gasteiger partial charge is 0.224 e. The highest BCUT2D eigenvalue weighted by Gasteiger charge is 2.12. The summed E-state index contributed by atoms with van der Waals surface area (Å²) in [5.41, 5.74) is 1.65. The lowest BCUT2D eigenvalue weighted by Gasteiger charge is -2.18. The summed E-state index contributed by atoms with van der Waals surface area (Å²) in [6, 6.07) is 4.57. The van der Waals surface area contributed by atoms with Gasteiger partial charge in [-0.1, -0.05) is 13.0 Å². The lowest BCUT2D eigenvalue weighted by Crippen LogP contribution is -2.38. The van der Waals surface area contributed by atoms with E-state index in [-0.39, 0.29) is 24.2 Å². The molecule has 0 saturated heterocycles. The van der Waals surface area contributed by atoms with Gasteiger partial charge in [0.15, 0.2) is 0 Å². The van der Waals surface area contributed by atoms with Crippen LogP contribution in [0.15, 0.2) is 36.9 Å². The molecule has 1 N–H and O–H groups in total. The van der Waals surface area contributed by atoms with Crippen molar-refractivity contribution in [3.8, 4) is 0 Å². The lowest BCUT2D eigenvalue weighted by molar-refractivity contribution is -0.121. The number of aromatic nitrogens is 2. The first-order valence-corrected chi connectivity index (χ1v) is 7.08. The van der Waals surface area contributed by atoms with Crippen molar-refractivity contribution in [2.45, 2.75) is 39.3 Å². The Labute approximate surface area is 124 Å². The highest BCUT2D eigenvalue weighted by molar-refractivity contribution is 5.79. The third-order valence-corrected chi connectivity index (χ3v) is 3.50. The van der Waals surface area contributed by atoms with E-state index in [1.54, 1.807) is 18.6 Å². The number of benzene rings is 1. The first kappa shape index (κ1) is 15.2. The van der Waals surface area contributed by atoms with E-state index in [0.29, 0.717) is 6.54 Å². The van der Waals surface area contributed by atoms with Crippen LogP contribution in [0, 0.1) is 12.7 Å². The number of carbonyl (C=O) groups excluding carboxylic acids is 1. The van der Waals surface area contributed by atoms with Gasteiger partial charge >= 0.3 is 0 Å². The molecule has 0 bridgehead atoms. The quantitative estimate of drug-likeness (QED) is 0.888. The second-order valence-electron chi connectivity index (χ2n) is 5.18. The van der Waals surface area contributed by atoms with Crippen LogP contribution in [0.1, 0.15) is 24.5 Å². The third kappa shape index (κ3) is 4.41. The Kier molecular flexibility index (Phi) is 5.09. The summed E-state index contributed by atoms with van der Waals surface area (Å²) in [5.74, 6) is -0.320. The van der Waals surface area contributed by atoms with E-state index < -0.39 is 0 Å². The fraction of sp³-hybridized carbons (Fsp3) is 0.375. The zero-order chi connectivity index (χ0) is 15.2. The van der Waals surface area contributed by atoms with Gasteiger partial charge in [0.1, 0.15) is 5.82 Å². The fourth-order valence-electron chi connectivity index (χ4n) is 2.24. The molecule has 0 fully saturated rings. The molecule has 0 radical (unpaired) electrons. The Morgan fingerprint density at radius 2 is 2.29 bits per heavy atom. The van der Waals surface area contributed by atoms with Gasteiger partial charge in [-0.2, -0.15) is 0 Å². The fourth-order valence-corrected chi connectivity index (χ4v) is 2.24. The van der Waals surface area contributed by atoms with Crippen LogP contribution in [-0.4, -0.2) is 21.5 Å². The summed E-state index contributed by atoms with van der Waals surface area (Å²) in [7, 11) is 0. The summed E-state index contributed by atoms with van der Waals surface area (Å²) < 4.78 is 15.0. The Hall–Kier alpha value is -2.17. The van der Waals surface area contributed by atoms with Gasteiger partial charge in [-0.25, -0.2) is 9.37 Å². The molecule has 0 aliphatic carbocycles. The van der Waals surface area contributed by atoms with Crippen LogP contribution in [0.4, 0.5) is 4.39 Å². The Balaban J connectivity index is 1.93. The Morgan fingerprint density at radius 1 is 1.48 bits per heavy atom. The van der Waals surface area contributed by atoms with Crippen molar-refractivity contribution < 1.29 is 9.18 Å². The molecule has 1 heterocycles. The third-order valence-electron chi connectivity index (χ3n) is 3.50. The standard InChI is InChI=1S/C16H20FN3O/c1-3-15(10-20-7-6-18-11-20)19-16(21)9-13-4-5-14(17)8-12(13)2/h4-8,11,15H,3,9-10H2,1-2H3,(H,19,21)/t15-/m1/s1. The minimum absolute atomic E-state index is 0.0447. The van der Waals surface area contributed by atoms with Crippen molar-refractivity contribution in [1.29, 1.82) is 0 Å². The molecule has 0 spiro atoms. The van der Waals surface area contributed by atoms with Gasteiger partial charge < -0.3 is 9.88 Å². The van der Waals surface area contributed by atoms with Crippen LogP contribution < -0.4 is 5.32 Å². The van der Waals surface area contributed by atoms with Gasteiger partial charge in [-0.3, -0.25) is 4.79 Å². The lowest BCUT2D eigenvalue weighted by atomic mass is 10.0. The molecular weight excluding hydrogens is 269 g/mol. The monoisotopic (exact) mass is 289 g/mol. The molecule has 2 aromatic rings. The van der Waals surface area contributed by atoms with Gasteiger partial charge in [0.25, 0.3) is 0 Å². The summed E-state index contributed by atoms with van der Waals surface area (Å²) in [5, 5.41) is 3.01. The number of rotatable bonds is 6. The Morgan fingerprint density at radius 3 is 2.90 bits per heavy atom. The summed E-state index contributed by atoms with van der Waals surface area (Å²) in [6.45, 7) is 4.55. The highest BCUT2D eigenvalue weighted by Crippen LogP contribution is 2.11. The Bertz CT molecular complexity index is 596. The molecule has 0 aliphatic heterocycles. The van der Waals surface area contributed by atoms with Gasteiger partial charge in [-0.15, -0.1) is 0 Å². The van der Waals surface area contributed by atoms with Gasteiger partial charge in [0.05, 0.1) is 12.7 Å². The van der Waals surface area contributed by atoms with Crippen molar-refractivity contribution >= 4 is 5.91 Å². The zero-order valence-corrected chi connectivity index (χ0v) is 12.3. The van der Waals surface area contributed by atoms with E-state index in [1.807, 2.05) is 24.6 Å². The van der Waals surface area contributed by atoms with Crippen LogP contribution in [0.3, 0.4) is 0 Å². The molecule has 1 aromatic heterocycles. The predicted molar refractivity (Wildman–Crippen MR) is 79.3 cm³/mol.